The molecule has 1 aromatic rings. The molecule has 1 aliphatic heterocycles. The third-order valence-electron chi connectivity index (χ3n) is 3.90. The van der Waals surface area contributed by atoms with E-state index in [0.29, 0.717) is 10.7 Å². The Kier molecular flexibility index (Phi) is 4.71. The molecular formula is C15H17ClN2O4. The summed E-state index contributed by atoms with van der Waals surface area (Å²) in [6, 6.07) is 5.99. The summed E-state index contributed by atoms with van der Waals surface area (Å²) in [6.07, 6.45) is 0.0563. The predicted octanol–water partition coefficient (Wildman–Crippen LogP) is 1.62. The van der Waals surface area contributed by atoms with E-state index in [1.165, 1.54) is 18.9 Å². The fourth-order valence-corrected chi connectivity index (χ4v) is 2.66. The van der Waals surface area contributed by atoms with Gasteiger partial charge in [0.05, 0.1) is 16.6 Å². The molecule has 1 N–H and O–H groups in total. The molecule has 2 amide bonds. The van der Waals surface area contributed by atoms with Gasteiger partial charge in [0.15, 0.2) is 0 Å². The summed E-state index contributed by atoms with van der Waals surface area (Å²) in [7, 11) is 1.43. The minimum Gasteiger partial charge on any atom is -0.480 e. The Balaban J connectivity index is 2.14. The van der Waals surface area contributed by atoms with Gasteiger partial charge in [0.2, 0.25) is 11.8 Å². The zero-order valence-electron chi connectivity index (χ0n) is 12.3. The van der Waals surface area contributed by atoms with Crippen molar-refractivity contribution in [1.29, 1.82) is 0 Å². The van der Waals surface area contributed by atoms with Gasteiger partial charge in [-0.05, 0) is 19.1 Å². The van der Waals surface area contributed by atoms with Crippen LogP contribution in [0.1, 0.15) is 13.3 Å². The molecule has 2 atom stereocenters. The van der Waals surface area contributed by atoms with Crippen molar-refractivity contribution in [2.24, 2.45) is 5.92 Å². The van der Waals surface area contributed by atoms with Crippen molar-refractivity contribution in [1.82, 2.24) is 4.90 Å². The Morgan fingerprint density at radius 2 is 2.05 bits per heavy atom. The molecule has 1 fully saturated rings. The third kappa shape index (κ3) is 3.06. The van der Waals surface area contributed by atoms with Gasteiger partial charge in [-0.1, -0.05) is 23.7 Å². The highest BCUT2D eigenvalue weighted by atomic mass is 35.5. The van der Waals surface area contributed by atoms with Crippen LogP contribution >= 0.6 is 11.6 Å². The molecule has 1 heterocycles. The molecule has 0 aromatic heterocycles. The first-order valence-corrected chi connectivity index (χ1v) is 7.25. The molecule has 0 bridgehead atoms. The quantitative estimate of drug-likeness (QED) is 0.913. The normalized spacial score (nSPS) is 19.1. The van der Waals surface area contributed by atoms with Crippen molar-refractivity contribution in [3.8, 4) is 0 Å². The van der Waals surface area contributed by atoms with Crippen LogP contribution in [0.25, 0.3) is 0 Å². The Hall–Kier alpha value is -2.08. The van der Waals surface area contributed by atoms with Crippen molar-refractivity contribution in [2.45, 2.75) is 19.4 Å². The second-order valence-electron chi connectivity index (χ2n) is 5.32. The van der Waals surface area contributed by atoms with Gasteiger partial charge in [-0.25, -0.2) is 4.79 Å². The van der Waals surface area contributed by atoms with E-state index in [0.717, 1.165) is 4.90 Å². The van der Waals surface area contributed by atoms with Gasteiger partial charge in [0.25, 0.3) is 0 Å². The van der Waals surface area contributed by atoms with Crippen molar-refractivity contribution in [2.75, 3.05) is 18.5 Å². The molecule has 1 saturated heterocycles. The van der Waals surface area contributed by atoms with Gasteiger partial charge in [0.1, 0.15) is 6.04 Å². The molecule has 0 aliphatic carbocycles. The Bertz CT molecular complexity index is 619. The first-order chi connectivity index (χ1) is 10.3. The van der Waals surface area contributed by atoms with E-state index in [1.54, 1.807) is 24.3 Å². The topological polar surface area (TPSA) is 77.9 Å². The van der Waals surface area contributed by atoms with Crippen molar-refractivity contribution in [3.63, 3.8) is 0 Å². The number of rotatable bonds is 4. The van der Waals surface area contributed by atoms with Crippen LogP contribution in [0.4, 0.5) is 5.69 Å². The molecule has 7 heteroatoms. The minimum atomic E-state index is -1.08. The SMILES string of the molecule is CC(C(=O)O)N(C)C(=O)C1CC(=O)N(c2ccccc2Cl)C1. The second-order valence-corrected chi connectivity index (χ2v) is 5.73. The first kappa shape index (κ1) is 16.3. The van der Waals surface area contributed by atoms with Crippen LogP contribution in [0.2, 0.25) is 5.02 Å². The van der Waals surface area contributed by atoms with E-state index in [1.807, 2.05) is 0 Å². The largest absolute Gasteiger partial charge is 0.480 e. The summed E-state index contributed by atoms with van der Waals surface area (Å²) < 4.78 is 0. The number of benzene rings is 1. The smallest absolute Gasteiger partial charge is 0.326 e. The number of carbonyl (C=O) groups excluding carboxylic acids is 2. The highest BCUT2D eigenvalue weighted by Gasteiger charge is 2.38. The summed E-state index contributed by atoms with van der Waals surface area (Å²) in [6.45, 7) is 1.64. The van der Waals surface area contributed by atoms with Gasteiger partial charge in [-0.2, -0.15) is 0 Å². The zero-order chi connectivity index (χ0) is 16.4. The van der Waals surface area contributed by atoms with Gasteiger partial charge in [0, 0.05) is 20.0 Å². The highest BCUT2D eigenvalue weighted by Crippen LogP contribution is 2.31. The summed E-state index contributed by atoms with van der Waals surface area (Å²) in [5, 5.41) is 9.41. The summed E-state index contributed by atoms with van der Waals surface area (Å²) in [5.41, 5.74) is 0.568. The summed E-state index contributed by atoms with van der Waals surface area (Å²) in [5.74, 6) is -2.18. The number of likely N-dealkylation sites (N-methyl/N-ethyl adjacent to an activating group) is 1. The first-order valence-electron chi connectivity index (χ1n) is 6.87. The summed E-state index contributed by atoms with van der Waals surface area (Å²) in [4.78, 5) is 38.1. The number of carboxylic acid groups (broad SMARTS) is 1. The van der Waals surface area contributed by atoms with Crippen LogP contribution in [0, 0.1) is 5.92 Å². The van der Waals surface area contributed by atoms with E-state index in [4.69, 9.17) is 16.7 Å². The fraction of sp³-hybridized carbons (Fsp3) is 0.400. The van der Waals surface area contributed by atoms with Crippen LogP contribution in [0.15, 0.2) is 24.3 Å². The summed E-state index contributed by atoms with van der Waals surface area (Å²) >= 11 is 6.08. The number of hydrogen-bond donors (Lipinski definition) is 1. The van der Waals surface area contributed by atoms with Crippen LogP contribution in [0.5, 0.6) is 0 Å². The molecule has 118 valence electrons. The number of amides is 2. The van der Waals surface area contributed by atoms with E-state index in [9.17, 15) is 14.4 Å². The maximum Gasteiger partial charge on any atom is 0.326 e. The second kappa shape index (κ2) is 6.36. The number of hydrogen-bond acceptors (Lipinski definition) is 3. The molecule has 2 rings (SSSR count). The Labute approximate surface area is 133 Å². The number of para-hydroxylation sites is 1. The predicted molar refractivity (Wildman–Crippen MR) is 81.8 cm³/mol. The van der Waals surface area contributed by atoms with Crippen molar-refractivity contribution < 1.29 is 19.5 Å². The highest BCUT2D eigenvalue weighted by molar-refractivity contribution is 6.33. The average Bonchev–Trinajstić information content (AvgIpc) is 2.87. The lowest BCUT2D eigenvalue weighted by molar-refractivity contribution is -0.149. The van der Waals surface area contributed by atoms with E-state index in [2.05, 4.69) is 0 Å². The number of halogens is 1. The number of nitrogens with zero attached hydrogens (tertiary/aromatic N) is 2. The van der Waals surface area contributed by atoms with Crippen LogP contribution in [0.3, 0.4) is 0 Å². The van der Waals surface area contributed by atoms with Crippen molar-refractivity contribution in [3.05, 3.63) is 29.3 Å². The average molecular weight is 325 g/mol. The lowest BCUT2D eigenvalue weighted by atomic mass is 10.1. The Morgan fingerprint density at radius 3 is 2.64 bits per heavy atom. The fourth-order valence-electron chi connectivity index (χ4n) is 2.42. The molecule has 2 unspecified atom stereocenters. The zero-order valence-corrected chi connectivity index (χ0v) is 13.1. The number of carbonyl (C=O) groups is 3. The monoisotopic (exact) mass is 324 g/mol. The number of anilines is 1. The number of aliphatic carboxylic acids is 1. The van der Waals surface area contributed by atoms with Crippen LogP contribution < -0.4 is 4.90 Å². The minimum absolute atomic E-state index is 0.0563. The molecule has 0 radical (unpaired) electrons. The molecule has 0 saturated carbocycles. The van der Waals surface area contributed by atoms with Crippen LogP contribution in [-0.4, -0.2) is 47.4 Å². The van der Waals surface area contributed by atoms with E-state index < -0.39 is 17.9 Å². The molecule has 1 aromatic carbocycles. The van der Waals surface area contributed by atoms with E-state index >= 15 is 0 Å². The third-order valence-corrected chi connectivity index (χ3v) is 4.22. The van der Waals surface area contributed by atoms with Crippen molar-refractivity contribution >= 4 is 35.1 Å². The maximum atomic E-state index is 12.3. The molecule has 1 aliphatic rings. The van der Waals surface area contributed by atoms with Crippen LogP contribution in [-0.2, 0) is 14.4 Å². The molecule has 22 heavy (non-hydrogen) atoms. The van der Waals surface area contributed by atoms with Gasteiger partial charge >= 0.3 is 5.97 Å². The van der Waals surface area contributed by atoms with E-state index in [-0.39, 0.29) is 24.8 Å². The standard InChI is InChI=1S/C15H17ClN2O4/c1-9(15(21)22)17(2)14(20)10-7-13(19)18(8-10)12-6-4-3-5-11(12)16/h3-6,9-10H,7-8H2,1-2H3,(H,21,22). The molecule has 0 spiro atoms. The van der Waals surface area contributed by atoms with Gasteiger partial charge in [-0.15, -0.1) is 0 Å². The van der Waals surface area contributed by atoms with Gasteiger partial charge < -0.3 is 14.9 Å². The lowest BCUT2D eigenvalue weighted by Gasteiger charge is -2.24. The Morgan fingerprint density at radius 1 is 1.41 bits per heavy atom. The molecular weight excluding hydrogens is 308 g/mol. The lowest BCUT2D eigenvalue weighted by Crippen LogP contribution is -2.43. The van der Waals surface area contributed by atoms with Gasteiger partial charge in [-0.3, -0.25) is 9.59 Å². The molecule has 6 nitrogen and oxygen atoms in total. The maximum absolute atomic E-state index is 12.3. The number of carboxylic acids is 1.